The molecule has 1 rings (SSSR count). The number of ether oxygens (including phenoxy) is 1. The Morgan fingerprint density at radius 1 is 1.47 bits per heavy atom. The fourth-order valence-electron chi connectivity index (χ4n) is 1.52. The molecule has 1 atom stereocenters. The van der Waals surface area contributed by atoms with Crippen LogP contribution < -0.4 is 10.1 Å². The third kappa shape index (κ3) is 2.96. The van der Waals surface area contributed by atoms with E-state index in [0.717, 1.165) is 30.2 Å². The first-order chi connectivity index (χ1) is 7.06. The highest BCUT2D eigenvalue weighted by molar-refractivity contribution is 5.31. The number of nitrogens with one attached hydrogen (secondary N) is 1. The first-order valence-corrected chi connectivity index (χ1v) is 5.43. The molecule has 0 aliphatic carbocycles. The van der Waals surface area contributed by atoms with Gasteiger partial charge in [-0.3, -0.25) is 4.68 Å². The third-order valence-corrected chi connectivity index (χ3v) is 2.44. The SMILES string of the molecule is CCNCC(C)Oc1c(C)nn(C)c1C. The quantitative estimate of drug-likeness (QED) is 0.800. The average Bonchev–Trinajstić information content (AvgIpc) is 2.42. The smallest absolute Gasteiger partial charge is 0.163 e. The van der Waals surface area contributed by atoms with Gasteiger partial charge in [-0.2, -0.15) is 5.10 Å². The molecule has 0 saturated heterocycles. The second-order valence-electron chi connectivity index (χ2n) is 3.86. The van der Waals surface area contributed by atoms with Crippen LogP contribution in [0.15, 0.2) is 0 Å². The second-order valence-corrected chi connectivity index (χ2v) is 3.86. The molecule has 1 heterocycles. The third-order valence-electron chi connectivity index (χ3n) is 2.44. The minimum absolute atomic E-state index is 0.173. The van der Waals surface area contributed by atoms with Gasteiger partial charge in [0.15, 0.2) is 5.75 Å². The number of aromatic nitrogens is 2. The van der Waals surface area contributed by atoms with Gasteiger partial charge in [-0.1, -0.05) is 6.92 Å². The molecule has 0 radical (unpaired) electrons. The molecule has 0 aliphatic heterocycles. The van der Waals surface area contributed by atoms with E-state index in [1.165, 1.54) is 0 Å². The highest BCUT2D eigenvalue weighted by atomic mass is 16.5. The molecule has 0 fully saturated rings. The molecule has 4 heteroatoms. The van der Waals surface area contributed by atoms with Crippen LogP contribution in [0.2, 0.25) is 0 Å². The lowest BCUT2D eigenvalue weighted by molar-refractivity contribution is 0.215. The van der Waals surface area contributed by atoms with Gasteiger partial charge in [0.25, 0.3) is 0 Å². The van der Waals surface area contributed by atoms with Gasteiger partial charge in [-0.25, -0.2) is 0 Å². The van der Waals surface area contributed by atoms with Crippen LogP contribution >= 0.6 is 0 Å². The van der Waals surface area contributed by atoms with Crippen LogP contribution in [-0.4, -0.2) is 29.0 Å². The van der Waals surface area contributed by atoms with E-state index >= 15 is 0 Å². The normalized spacial score (nSPS) is 12.9. The highest BCUT2D eigenvalue weighted by Gasteiger charge is 2.13. The Morgan fingerprint density at radius 3 is 2.60 bits per heavy atom. The molecule has 0 amide bonds. The van der Waals surface area contributed by atoms with Gasteiger partial charge in [0.1, 0.15) is 11.8 Å². The van der Waals surface area contributed by atoms with Gasteiger partial charge >= 0.3 is 0 Å². The molecule has 0 aromatic carbocycles. The van der Waals surface area contributed by atoms with Crippen molar-refractivity contribution in [3.8, 4) is 5.75 Å². The molecule has 1 unspecified atom stereocenters. The molecule has 0 bridgehead atoms. The predicted molar refractivity (Wildman–Crippen MR) is 61.3 cm³/mol. The van der Waals surface area contributed by atoms with Crippen molar-refractivity contribution >= 4 is 0 Å². The molecule has 1 aromatic heterocycles. The molecule has 0 spiro atoms. The largest absolute Gasteiger partial charge is 0.486 e. The van der Waals surface area contributed by atoms with E-state index in [1.807, 2.05) is 25.6 Å². The summed E-state index contributed by atoms with van der Waals surface area (Å²) < 4.78 is 7.70. The number of likely N-dealkylation sites (N-methyl/N-ethyl adjacent to an activating group) is 1. The molecule has 4 nitrogen and oxygen atoms in total. The summed E-state index contributed by atoms with van der Waals surface area (Å²) >= 11 is 0. The van der Waals surface area contributed by atoms with Gasteiger partial charge in [0, 0.05) is 13.6 Å². The maximum atomic E-state index is 5.85. The molecule has 0 aliphatic rings. The average molecular weight is 211 g/mol. The topological polar surface area (TPSA) is 39.1 Å². The van der Waals surface area contributed by atoms with Crippen LogP contribution in [-0.2, 0) is 7.05 Å². The van der Waals surface area contributed by atoms with Gasteiger partial charge in [-0.05, 0) is 27.3 Å². The zero-order chi connectivity index (χ0) is 11.4. The minimum Gasteiger partial charge on any atom is -0.486 e. The Bertz CT molecular complexity index is 320. The van der Waals surface area contributed by atoms with Crippen molar-refractivity contribution in [3.63, 3.8) is 0 Å². The molecule has 1 N–H and O–H groups in total. The van der Waals surface area contributed by atoms with Crippen molar-refractivity contribution in [2.75, 3.05) is 13.1 Å². The summed E-state index contributed by atoms with van der Waals surface area (Å²) in [4.78, 5) is 0. The molecular weight excluding hydrogens is 190 g/mol. The molecule has 1 aromatic rings. The summed E-state index contributed by atoms with van der Waals surface area (Å²) in [7, 11) is 1.93. The number of hydrogen-bond acceptors (Lipinski definition) is 3. The maximum absolute atomic E-state index is 5.85. The van der Waals surface area contributed by atoms with E-state index in [0.29, 0.717) is 0 Å². The van der Waals surface area contributed by atoms with Crippen LogP contribution in [0.5, 0.6) is 5.75 Å². The van der Waals surface area contributed by atoms with Crippen molar-refractivity contribution in [1.29, 1.82) is 0 Å². The van der Waals surface area contributed by atoms with Crippen LogP contribution in [0.25, 0.3) is 0 Å². The summed E-state index contributed by atoms with van der Waals surface area (Å²) in [5.74, 6) is 0.919. The Balaban J connectivity index is 2.63. The van der Waals surface area contributed by atoms with E-state index in [2.05, 4.69) is 24.3 Å². The summed E-state index contributed by atoms with van der Waals surface area (Å²) in [5, 5.41) is 7.58. The van der Waals surface area contributed by atoms with E-state index in [-0.39, 0.29) is 6.10 Å². The predicted octanol–water partition coefficient (Wildman–Crippen LogP) is 1.41. The van der Waals surface area contributed by atoms with Crippen molar-refractivity contribution in [2.24, 2.45) is 7.05 Å². The van der Waals surface area contributed by atoms with Gasteiger partial charge in [0.2, 0.25) is 0 Å². The maximum Gasteiger partial charge on any atom is 0.163 e. The van der Waals surface area contributed by atoms with Crippen molar-refractivity contribution in [2.45, 2.75) is 33.8 Å². The van der Waals surface area contributed by atoms with Crippen molar-refractivity contribution < 1.29 is 4.74 Å². The Labute approximate surface area is 91.6 Å². The van der Waals surface area contributed by atoms with Crippen LogP contribution in [0.1, 0.15) is 25.2 Å². The van der Waals surface area contributed by atoms with Crippen LogP contribution in [0.3, 0.4) is 0 Å². The van der Waals surface area contributed by atoms with E-state index < -0.39 is 0 Å². The molecule has 15 heavy (non-hydrogen) atoms. The van der Waals surface area contributed by atoms with Crippen LogP contribution in [0.4, 0.5) is 0 Å². The van der Waals surface area contributed by atoms with Crippen molar-refractivity contribution in [1.82, 2.24) is 15.1 Å². The lowest BCUT2D eigenvalue weighted by atomic mass is 10.3. The Morgan fingerprint density at radius 2 is 2.13 bits per heavy atom. The molecule has 0 saturated carbocycles. The fraction of sp³-hybridized carbons (Fsp3) is 0.727. The summed E-state index contributed by atoms with van der Waals surface area (Å²) in [6.07, 6.45) is 0.173. The van der Waals surface area contributed by atoms with E-state index in [1.54, 1.807) is 0 Å². The number of rotatable bonds is 5. The van der Waals surface area contributed by atoms with Gasteiger partial charge in [0.05, 0.1) is 5.69 Å². The molecule has 86 valence electrons. The number of hydrogen-bond donors (Lipinski definition) is 1. The van der Waals surface area contributed by atoms with E-state index in [9.17, 15) is 0 Å². The number of nitrogens with zero attached hydrogens (tertiary/aromatic N) is 2. The summed E-state index contributed by atoms with van der Waals surface area (Å²) in [6.45, 7) is 9.99. The minimum atomic E-state index is 0.173. The first kappa shape index (κ1) is 12.0. The van der Waals surface area contributed by atoms with E-state index in [4.69, 9.17) is 4.74 Å². The number of aryl methyl sites for hydroxylation is 2. The standard InChI is InChI=1S/C11H21N3O/c1-6-12-7-8(2)15-11-9(3)13-14(5)10(11)4/h8,12H,6-7H2,1-5H3. The molecular formula is C11H21N3O. The second kappa shape index (κ2) is 5.16. The zero-order valence-corrected chi connectivity index (χ0v) is 10.3. The summed E-state index contributed by atoms with van der Waals surface area (Å²) in [5.41, 5.74) is 2.04. The summed E-state index contributed by atoms with van der Waals surface area (Å²) in [6, 6.07) is 0. The van der Waals surface area contributed by atoms with Crippen LogP contribution in [0, 0.1) is 13.8 Å². The Kier molecular flexibility index (Phi) is 4.15. The van der Waals surface area contributed by atoms with Gasteiger partial charge < -0.3 is 10.1 Å². The zero-order valence-electron chi connectivity index (χ0n) is 10.3. The van der Waals surface area contributed by atoms with Crippen molar-refractivity contribution in [3.05, 3.63) is 11.4 Å². The van der Waals surface area contributed by atoms with Gasteiger partial charge in [-0.15, -0.1) is 0 Å². The lowest BCUT2D eigenvalue weighted by Gasteiger charge is -2.15. The monoisotopic (exact) mass is 211 g/mol. The highest BCUT2D eigenvalue weighted by Crippen LogP contribution is 2.22. The lowest BCUT2D eigenvalue weighted by Crippen LogP contribution is -2.28. The fourth-order valence-corrected chi connectivity index (χ4v) is 1.52. The Hall–Kier alpha value is -1.03. The first-order valence-electron chi connectivity index (χ1n) is 5.43.